The highest BCUT2D eigenvalue weighted by atomic mass is 16.5. The van der Waals surface area contributed by atoms with Crippen LogP contribution in [0.3, 0.4) is 0 Å². The van der Waals surface area contributed by atoms with Crippen molar-refractivity contribution in [2.45, 2.75) is 69.4 Å². The van der Waals surface area contributed by atoms with Gasteiger partial charge in [-0.05, 0) is 63.8 Å². The van der Waals surface area contributed by atoms with Crippen LogP contribution in [0.1, 0.15) is 62.0 Å². The van der Waals surface area contributed by atoms with Gasteiger partial charge in [-0.1, -0.05) is 18.9 Å². The molecule has 5 nitrogen and oxygen atoms in total. The summed E-state index contributed by atoms with van der Waals surface area (Å²) in [4.78, 5) is 4.78. The summed E-state index contributed by atoms with van der Waals surface area (Å²) in [6.07, 6.45) is 10.2. The molecule has 3 heterocycles. The van der Waals surface area contributed by atoms with E-state index >= 15 is 0 Å². The fraction of sp³-hybridized carbons (Fsp3) is 0.636. The van der Waals surface area contributed by atoms with Crippen LogP contribution in [0.5, 0.6) is 0 Å². The summed E-state index contributed by atoms with van der Waals surface area (Å²) in [6.45, 7) is 4.75. The largest absolute Gasteiger partial charge is 0.375 e. The van der Waals surface area contributed by atoms with E-state index in [0.29, 0.717) is 0 Å². The summed E-state index contributed by atoms with van der Waals surface area (Å²) in [5.41, 5.74) is 3.77. The lowest BCUT2D eigenvalue weighted by Gasteiger charge is -2.46. The maximum absolute atomic E-state index is 6.33. The van der Waals surface area contributed by atoms with Crippen molar-refractivity contribution in [2.75, 3.05) is 13.2 Å². The lowest BCUT2D eigenvalue weighted by Crippen LogP contribution is -2.47. The number of hydrogen-bond donors (Lipinski definition) is 1. The number of nitrogens with zero attached hydrogens (tertiary/aromatic N) is 3. The van der Waals surface area contributed by atoms with Gasteiger partial charge in [0.15, 0.2) is 0 Å². The van der Waals surface area contributed by atoms with Crippen LogP contribution in [-0.4, -0.2) is 33.5 Å². The smallest absolute Gasteiger partial charge is 0.0765 e. The quantitative estimate of drug-likeness (QED) is 0.791. The second-order valence-electron chi connectivity index (χ2n) is 8.49. The van der Waals surface area contributed by atoms with E-state index in [4.69, 9.17) is 9.72 Å². The molecule has 0 amide bonds. The molecular formula is C22H32N4O. The van der Waals surface area contributed by atoms with E-state index in [9.17, 15) is 0 Å². The molecule has 4 rings (SSSR count). The Kier molecular flexibility index (Phi) is 5.33. The first kappa shape index (κ1) is 18.6. The van der Waals surface area contributed by atoms with Crippen LogP contribution in [0.25, 0.3) is 0 Å². The number of hydrogen-bond acceptors (Lipinski definition) is 4. The first-order chi connectivity index (χ1) is 13.1. The van der Waals surface area contributed by atoms with Gasteiger partial charge in [-0.15, -0.1) is 0 Å². The molecular weight excluding hydrogens is 336 g/mol. The molecule has 27 heavy (non-hydrogen) atoms. The number of ether oxygens (including phenoxy) is 1. The first-order valence-electron chi connectivity index (χ1n) is 10.4. The van der Waals surface area contributed by atoms with Crippen molar-refractivity contribution in [1.82, 2.24) is 20.1 Å². The fourth-order valence-corrected chi connectivity index (χ4v) is 5.06. The van der Waals surface area contributed by atoms with Gasteiger partial charge in [0.2, 0.25) is 0 Å². The van der Waals surface area contributed by atoms with E-state index in [-0.39, 0.29) is 11.0 Å². The second-order valence-corrected chi connectivity index (χ2v) is 8.49. The number of aryl methyl sites for hydroxylation is 2. The number of aromatic nitrogens is 3. The lowest BCUT2D eigenvalue weighted by molar-refractivity contribution is -0.104. The minimum Gasteiger partial charge on any atom is -0.375 e. The van der Waals surface area contributed by atoms with Crippen LogP contribution in [0.15, 0.2) is 30.5 Å². The molecule has 1 N–H and O–H groups in total. The zero-order valence-corrected chi connectivity index (χ0v) is 16.7. The SMILES string of the molecule is Cc1cc(CNCCC2(c3ccccn3)CCOC3(CCCC3)C2)nn1C. The molecule has 1 saturated carbocycles. The van der Waals surface area contributed by atoms with Crippen LogP contribution in [0.4, 0.5) is 0 Å². The maximum Gasteiger partial charge on any atom is 0.0765 e. The van der Waals surface area contributed by atoms with Crippen molar-refractivity contribution in [3.8, 4) is 0 Å². The molecule has 0 aromatic carbocycles. The van der Waals surface area contributed by atoms with Crippen molar-refractivity contribution in [3.63, 3.8) is 0 Å². The van der Waals surface area contributed by atoms with Crippen LogP contribution in [0.2, 0.25) is 0 Å². The Morgan fingerprint density at radius 3 is 2.78 bits per heavy atom. The lowest BCUT2D eigenvalue weighted by atomic mass is 9.68. The third-order valence-electron chi connectivity index (χ3n) is 6.62. The highest BCUT2D eigenvalue weighted by Gasteiger charge is 2.48. The monoisotopic (exact) mass is 368 g/mol. The molecule has 2 aromatic rings. The molecule has 1 aliphatic heterocycles. The second kappa shape index (κ2) is 7.72. The number of nitrogens with one attached hydrogen (secondary N) is 1. The third-order valence-corrected chi connectivity index (χ3v) is 6.62. The Hall–Kier alpha value is -1.72. The van der Waals surface area contributed by atoms with Gasteiger partial charge in [0, 0.05) is 43.2 Å². The molecule has 2 fully saturated rings. The van der Waals surface area contributed by atoms with Gasteiger partial charge in [-0.25, -0.2) is 0 Å². The van der Waals surface area contributed by atoms with Crippen molar-refractivity contribution >= 4 is 0 Å². The topological polar surface area (TPSA) is 52.0 Å². The normalized spacial score (nSPS) is 24.5. The minimum atomic E-state index is 0.0911. The van der Waals surface area contributed by atoms with E-state index in [0.717, 1.165) is 44.7 Å². The van der Waals surface area contributed by atoms with Gasteiger partial charge < -0.3 is 10.1 Å². The summed E-state index contributed by atoms with van der Waals surface area (Å²) in [7, 11) is 2.00. The number of pyridine rings is 1. The van der Waals surface area contributed by atoms with Crippen molar-refractivity contribution in [3.05, 3.63) is 47.5 Å². The van der Waals surface area contributed by atoms with Crippen molar-refractivity contribution < 1.29 is 4.74 Å². The maximum atomic E-state index is 6.33. The van der Waals surface area contributed by atoms with Crippen molar-refractivity contribution in [1.29, 1.82) is 0 Å². The van der Waals surface area contributed by atoms with Crippen LogP contribution < -0.4 is 5.32 Å². The Morgan fingerprint density at radius 2 is 2.07 bits per heavy atom. The third kappa shape index (κ3) is 3.94. The zero-order chi connectivity index (χ0) is 18.7. The number of rotatable bonds is 6. The Balaban J connectivity index is 1.45. The van der Waals surface area contributed by atoms with E-state index in [1.165, 1.54) is 37.1 Å². The van der Waals surface area contributed by atoms with E-state index in [1.807, 2.05) is 24.0 Å². The predicted molar refractivity (Wildman–Crippen MR) is 107 cm³/mol. The highest BCUT2D eigenvalue weighted by Crippen LogP contribution is 2.49. The van der Waals surface area contributed by atoms with Crippen LogP contribution in [-0.2, 0) is 23.7 Å². The van der Waals surface area contributed by atoms with Crippen LogP contribution in [0, 0.1) is 6.92 Å². The van der Waals surface area contributed by atoms with Gasteiger partial charge in [0.05, 0.1) is 11.3 Å². The molecule has 2 aromatic heterocycles. The molecule has 1 unspecified atom stereocenters. The van der Waals surface area contributed by atoms with Gasteiger partial charge in [-0.2, -0.15) is 5.10 Å². The molecule has 5 heteroatoms. The minimum absolute atomic E-state index is 0.0911. The zero-order valence-electron chi connectivity index (χ0n) is 16.7. The van der Waals surface area contributed by atoms with Crippen molar-refractivity contribution in [2.24, 2.45) is 7.05 Å². The first-order valence-corrected chi connectivity index (χ1v) is 10.4. The van der Waals surface area contributed by atoms with Gasteiger partial charge >= 0.3 is 0 Å². The summed E-state index contributed by atoms with van der Waals surface area (Å²) in [5.74, 6) is 0. The van der Waals surface area contributed by atoms with Gasteiger partial charge in [0.1, 0.15) is 0 Å². The Labute approximate surface area is 162 Å². The van der Waals surface area contributed by atoms with E-state index < -0.39 is 0 Å². The Morgan fingerprint density at radius 1 is 1.22 bits per heavy atom. The van der Waals surface area contributed by atoms with Gasteiger partial charge in [-0.3, -0.25) is 9.67 Å². The molecule has 146 valence electrons. The summed E-state index contributed by atoms with van der Waals surface area (Å²) in [5, 5.41) is 8.17. The molecule has 0 radical (unpaired) electrons. The summed E-state index contributed by atoms with van der Waals surface area (Å²) < 4.78 is 8.27. The Bertz CT molecular complexity index is 731. The van der Waals surface area contributed by atoms with E-state index in [1.54, 1.807) is 0 Å². The van der Waals surface area contributed by atoms with Crippen LogP contribution >= 0.6 is 0 Å². The molecule has 2 aliphatic rings. The predicted octanol–water partition coefficient (Wildman–Crippen LogP) is 3.66. The molecule has 1 aliphatic carbocycles. The van der Waals surface area contributed by atoms with E-state index in [2.05, 4.69) is 35.5 Å². The standard InChI is InChI=1S/C22H32N4O/c1-18-15-19(25-26(18)2)16-23-13-10-21(20-7-3-6-12-24-20)11-14-27-22(17-21)8-4-5-9-22/h3,6-7,12,15,23H,4-5,8-11,13-14,16-17H2,1-2H3. The average Bonchev–Trinajstić information content (AvgIpc) is 3.26. The molecule has 0 bridgehead atoms. The molecule has 1 atom stereocenters. The summed E-state index contributed by atoms with van der Waals surface area (Å²) >= 11 is 0. The highest BCUT2D eigenvalue weighted by molar-refractivity contribution is 5.20. The average molecular weight is 369 g/mol. The molecule has 1 spiro atoms. The fourth-order valence-electron chi connectivity index (χ4n) is 5.06. The molecule has 1 saturated heterocycles. The van der Waals surface area contributed by atoms with Gasteiger partial charge in [0.25, 0.3) is 0 Å². The summed E-state index contributed by atoms with van der Waals surface area (Å²) in [6, 6.07) is 8.52.